The highest BCUT2D eigenvalue weighted by Crippen LogP contribution is 2.54. The molecule has 3 aromatic carbocycles. The van der Waals surface area contributed by atoms with E-state index in [9.17, 15) is 14.7 Å². The number of fused-ring (bicyclic) bond motifs is 2. The quantitative estimate of drug-likeness (QED) is 0.341. The Morgan fingerprint density at radius 1 is 1.00 bits per heavy atom. The predicted octanol–water partition coefficient (Wildman–Crippen LogP) is 3.98. The van der Waals surface area contributed by atoms with E-state index < -0.39 is 35.3 Å². The maximum Gasteiger partial charge on any atom is 0.330 e. The third-order valence-corrected chi connectivity index (χ3v) is 8.82. The average molecular weight is 575 g/mol. The summed E-state index contributed by atoms with van der Waals surface area (Å²) in [5, 5.41) is 11.0. The van der Waals surface area contributed by atoms with Gasteiger partial charge in [-0.3, -0.25) is 14.3 Å². The van der Waals surface area contributed by atoms with Gasteiger partial charge >= 0.3 is 5.69 Å². The van der Waals surface area contributed by atoms with Crippen molar-refractivity contribution in [3.05, 3.63) is 116 Å². The van der Waals surface area contributed by atoms with Crippen LogP contribution in [0.4, 0.5) is 0 Å². The van der Waals surface area contributed by atoms with E-state index >= 15 is 0 Å². The Kier molecular flexibility index (Phi) is 7.25. The van der Waals surface area contributed by atoms with Crippen molar-refractivity contribution in [2.24, 2.45) is 0 Å². The summed E-state index contributed by atoms with van der Waals surface area (Å²) in [6.45, 7) is 1.64. The normalized spacial score (nSPS) is 20.7. The lowest BCUT2D eigenvalue weighted by Crippen LogP contribution is -2.40. The molecule has 4 aromatic rings. The molecule has 2 aliphatic heterocycles. The van der Waals surface area contributed by atoms with Gasteiger partial charge < -0.3 is 24.1 Å². The van der Waals surface area contributed by atoms with E-state index in [1.807, 2.05) is 54.6 Å². The van der Waals surface area contributed by atoms with Gasteiger partial charge in [-0.05, 0) is 36.8 Å². The summed E-state index contributed by atoms with van der Waals surface area (Å²) in [6.07, 6.45) is -0.751. The van der Waals surface area contributed by atoms with Crippen LogP contribution in [-0.4, -0.2) is 47.7 Å². The van der Waals surface area contributed by atoms with E-state index in [1.165, 1.54) is 10.8 Å². The van der Waals surface area contributed by atoms with E-state index in [0.717, 1.165) is 26.5 Å². The molecule has 0 saturated carbocycles. The molecule has 1 fully saturated rings. The molecular weight excluding hydrogens is 544 g/mol. The summed E-state index contributed by atoms with van der Waals surface area (Å²) in [7, 11) is 3.19. The number of aromatic amines is 1. The molecule has 2 N–H and O–H groups in total. The van der Waals surface area contributed by atoms with Crippen LogP contribution in [0.25, 0.3) is 0 Å². The predicted molar refractivity (Wildman–Crippen MR) is 153 cm³/mol. The Bertz CT molecular complexity index is 1670. The number of rotatable bonds is 7. The first kappa shape index (κ1) is 27.3. The fourth-order valence-electron chi connectivity index (χ4n) is 5.60. The molecule has 0 spiro atoms. The van der Waals surface area contributed by atoms with Crippen molar-refractivity contribution in [1.82, 2.24) is 9.55 Å². The number of aliphatic hydroxyl groups is 1. The standard InChI is InChI=1S/C31H30N2O7S/c1-18-16-33(30(36)32-29(18)35)28-15-22(34)25(40-28)17-39-31(19-12-13-23(37-2)24(14-19)38-3)20-8-4-6-10-26(20)41-27-11-7-5-9-21(27)31/h4-14,16,22,25,28,34H,15,17H2,1-3H3,(H,32,35,36)/t22-,25+,28+/m0/s1. The molecule has 41 heavy (non-hydrogen) atoms. The van der Waals surface area contributed by atoms with Crippen LogP contribution in [0.5, 0.6) is 11.5 Å². The molecule has 0 radical (unpaired) electrons. The Morgan fingerprint density at radius 2 is 1.66 bits per heavy atom. The first-order valence-corrected chi connectivity index (χ1v) is 14.1. The Labute approximate surface area is 240 Å². The lowest BCUT2D eigenvalue weighted by molar-refractivity contribution is -0.0958. The van der Waals surface area contributed by atoms with E-state index in [2.05, 4.69) is 17.1 Å². The highest BCUT2D eigenvalue weighted by molar-refractivity contribution is 7.99. The van der Waals surface area contributed by atoms with Gasteiger partial charge in [0.25, 0.3) is 5.56 Å². The van der Waals surface area contributed by atoms with Crippen LogP contribution in [0, 0.1) is 6.92 Å². The van der Waals surface area contributed by atoms with Crippen molar-refractivity contribution in [2.45, 2.75) is 47.2 Å². The van der Waals surface area contributed by atoms with Gasteiger partial charge in [-0.15, -0.1) is 0 Å². The van der Waals surface area contributed by atoms with Gasteiger partial charge in [0.15, 0.2) is 11.5 Å². The molecule has 0 amide bonds. The first-order chi connectivity index (χ1) is 19.8. The van der Waals surface area contributed by atoms with Crippen molar-refractivity contribution in [3.63, 3.8) is 0 Å². The number of benzene rings is 3. The van der Waals surface area contributed by atoms with Crippen molar-refractivity contribution >= 4 is 11.8 Å². The van der Waals surface area contributed by atoms with Crippen molar-refractivity contribution < 1.29 is 24.1 Å². The molecule has 1 saturated heterocycles. The molecule has 3 heterocycles. The molecule has 10 heteroatoms. The van der Waals surface area contributed by atoms with Crippen molar-refractivity contribution in [2.75, 3.05) is 20.8 Å². The molecule has 9 nitrogen and oxygen atoms in total. The van der Waals surface area contributed by atoms with Crippen LogP contribution in [0.2, 0.25) is 0 Å². The molecule has 0 unspecified atom stereocenters. The SMILES string of the molecule is COc1ccc(C2(OC[C@H]3O[C@@H](n4cc(C)c(=O)[nH]c4=O)C[C@@H]3O)c3ccccc3Sc3ccccc32)cc1OC. The van der Waals surface area contributed by atoms with E-state index in [1.54, 1.807) is 32.9 Å². The summed E-state index contributed by atoms with van der Waals surface area (Å²) < 4.78 is 25.6. The fourth-order valence-corrected chi connectivity index (χ4v) is 6.78. The van der Waals surface area contributed by atoms with Gasteiger partial charge in [0.2, 0.25) is 0 Å². The highest BCUT2D eigenvalue weighted by atomic mass is 32.2. The molecular formula is C31H30N2O7S. The molecule has 212 valence electrons. The van der Waals surface area contributed by atoms with Crippen LogP contribution in [0.3, 0.4) is 0 Å². The van der Waals surface area contributed by atoms with Gasteiger partial charge in [-0.25, -0.2) is 4.79 Å². The number of aryl methyl sites for hydroxylation is 1. The Balaban J connectivity index is 1.43. The second kappa shape index (κ2) is 10.9. The maximum absolute atomic E-state index is 12.5. The largest absolute Gasteiger partial charge is 0.493 e. The zero-order valence-corrected chi connectivity index (χ0v) is 23.6. The number of nitrogens with zero attached hydrogens (tertiary/aromatic N) is 1. The summed E-state index contributed by atoms with van der Waals surface area (Å²) in [5.74, 6) is 1.16. The van der Waals surface area contributed by atoms with Gasteiger partial charge in [0, 0.05) is 39.1 Å². The number of nitrogens with one attached hydrogen (secondary N) is 1. The average Bonchev–Trinajstić information content (AvgIpc) is 3.36. The van der Waals surface area contributed by atoms with Gasteiger partial charge in [-0.1, -0.05) is 54.2 Å². The number of ether oxygens (including phenoxy) is 4. The molecule has 3 atom stereocenters. The topological polar surface area (TPSA) is 112 Å². The minimum absolute atomic E-state index is 0.0242. The lowest BCUT2D eigenvalue weighted by atomic mass is 9.79. The zero-order chi connectivity index (χ0) is 28.7. The van der Waals surface area contributed by atoms with E-state index in [0.29, 0.717) is 17.1 Å². The number of H-pyrrole nitrogens is 1. The number of hydrogen-bond donors (Lipinski definition) is 2. The van der Waals surface area contributed by atoms with Gasteiger partial charge in [0.05, 0.1) is 26.9 Å². The molecule has 1 aromatic heterocycles. The van der Waals surface area contributed by atoms with Gasteiger partial charge in [-0.2, -0.15) is 0 Å². The second-order valence-corrected chi connectivity index (χ2v) is 11.2. The Hall–Kier alpha value is -3.83. The van der Waals surface area contributed by atoms with E-state index in [4.69, 9.17) is 18.9 Å². The summed E-state index contributed by atoms with van der Waals surface area (Å²) in [6, 6.07) is 21.9. The van der Waals surface area contributed by atoms with Crippen molar-refractivity contribution in [3.8, 4) is 11.5 Å². The number of aromatic nitrogens is 2. The number of methoxy groups -OCH3 is 2. The molecule has 0 aliphatic carbocycles. The smallest absolute Gasteiger partial charge is 0.330 e. The summed E-state index contributed by atoms with van der Waals surface area (Å²) >= 11 is 1.67. The van der Waals surface area contributed by atoms with Crippen LogP contribution in [-0.2, 0) is 15.1 Å². The molecule has 6 rings (SSSR count). The highest BCUT2D eigenvalue weighted by Gasteiger charge is 2.46. The fraction of sp³-hybridized carbons (Fsp3) is 0.290. The third kappa shape index (κ3) is 4.66. The summed E-state index contributed by atoms with van der Waals surface area (Å²) in [4.78, 5) is 28.8. The minimum Gasteiger partial charge on any atom is -0.493 e. The zero-order valence-electron chi connectivity index (χ0n) is 22.8. The molecule has 0 bridgehead atoms. The molecule has 2 aliphatic rings. The van der Waals surface area contributed by atoms with Crippen LogP contribution >= 0.6 is 11.8 Å². The number of hydrogen-bond acceptors (Lipinski definition) is 8. The maximum atomic E-state index is 12.5. The Morgan fingerprint density at radius 3 is 2.32 bits per heavy atom. The third-order valence-electron chi connectivity index (χ3n) is 7.67. The summed E-state index contributed by atoms with van der Waals surface area (Å²) in [5.41, 5.74) is 1.00. The van der Waals surface area contributed by atoms with Crippen LogP contribution in [0.1, 0.15) is 34.9 Å². The van der Waals surface area contributed by atoms with Crippen molar-refractivity contribution in [1.29, 1.82) is 0 Å². The lowest BCUT2D eigenvalue weighted by Gasteiger charge is -2.41. The monoisotopic (exact) mass is 574 g/mol. The first-order valence-electron chi connectivity index (χ1n) is 13.2. The minimum atomic E-state index is -1.06. The second-order valence-electron chi connectivity index (χ2n) is 10.1. The van der Waals surface area contributed by atoms with Crippen LogP contribution in [0.15, 0.2) is 92.3 Å². The number of aliphatic hydroxyl groups excluding tert-OH is 1. The van der Waals surface area contributed by atoms with E-state index in [-0.39, 0.29) is 13.0 Å². The van der Waals surface area contributed by atoms with Crippen LogP contribution < -0.4 is 20.7 Å². The van der Waals surface area contributed by atoms with Gasteiger partial charge in [0.1, 0.15) is 17.9 Å².